The minimum absolute atomic E-state index is 0.0325. The summed E-state index contributed by atoms with van der Waals surface area (Å²) in [6.07, 6.45) is 10.4. The average molecular weight is 407 g/mol. The van der Waals surface area contributed by atoms with Crippen LogP contribution in [0.5, 0.6) is 0 Å². The van der Waals surface area contributed by atoms with Crippen LogP contribution in [0.4, 0.5) is 0 Å². The van der Waals surface area contributed by atoms with Gasteiger partial charge in [-0.15, -0.1) is 0 Å². The molecule has 1 aliphatic rings. The first-order valence-corrected chi connectivity index (χ1v) is 11.3. The van der Waals surface area contributed by atoms with Gasteiger partial charge in [-0.2, -0.15) is 0 Å². The maximum Gasteiger partial charge on any atom is 0.242 e. The molecule has 1 saturated heterocycles. The van der Waals surface area contributed by atoms with Crippen LogP contribution in [-0.2, 0) is 20.9 Å². The fraction of sp³-hybridized carbons (Fsp3) is 0.739. The van der Waals surface area contributed by atoms with Gasteiger partial charge in [-0.25, -0.2) is 0 Å². The van der Waals surface area contributed by atoms with Crippen molar-refractivity contribution in [1.29, 1.82) is 0 Å². The lowest BCUT2D eigenvalue weighted by Gasteiger charge is -2.29. The zero-order chi connectivity index (χ0) is 20.9. The van der Waals surface area contributed by atoms with Crippen molar-refractivity contribution in [3.8, 4) is 0 Å². The summed E-state index contributed by atoms with van der Waals surface area (Å²) in [6.45, 7) is 6.77. The molecular weight excluding hydrogens is 368 g/mol. The number of amides is 2. The zero-order valence-corrected chi connectivity index (χ0v) is 18.2. The molecule has 1 aromatic rings. The Kier molecular flexibility index (Phi) is 10.8. The summed E-state index contributed by atoms with van der Waals surface area (Å²) in [5, 5.41) is 0. The van der Waals surface area contributed by atoms with Crippen molar-refractivity contribution in [2.75, 3.05) is 26.2 Å². The van der Waals surface area contributed by atoms with E-state index in [1.807, 2.05) is 12.1 Å². The molecule has 1 aliphatic heterocycles. The predicted octanol–water partition coefficient (Wildman–Crippen LogP) is 4.39. The van der Waals surface area contributed by atoms with Gasteiger partial charge in [-0.1, -0.05) is 39.5 Å². The van der Waals surface area contributed by atoms with Gasteiger partial charge in [-0.3, -0.25) is 9.59 Å². The van der Waals surface area contributed by atoms with Crippen LogP contribution in [0.3, 0.4) is 0 Å². The van der Waals surface area contributed by atoms with Crippen molar-refractivity contribution in [2.45, 2.75) is 84.3 Å². The standard InChI is InChI=1S/C23H38N2O4/c1-3-5-7-8-13-22(26)24(14-6-4-2)19-23(27)25(17-20-11-9-15-28-20)18-21-12-10-16-29-21/h9,11,15,21H,3-8,10,12-14,16-19H2,1-2H3/t21-/m1/s1. The third-order valence-electron chi connectivity index (χ3n) is 5.43. The van der Waals surface area contributed by atoms with Gasteiger partial charge in [0.25, 0.3) is 0 Å². The summed E-state index contributed by atoms with van der Waals surface area (Å²) >= 11 is 0. The normalized spacial score (nSPS) is 16.1. The molecule has 0 N–H and O–H groups in total. The van der Waals surface area contributed by atoms with E-state index in [0.717, 1.165) is 63.7 Å². The Morgan fingerprint density at radius 3 is 2.55 bits per heavy atom. The Morgan fingerprint density at radius 1 is 1.07 bits per heavy atom. The van der Waals surface area contributed by atoms with Gasteiger partial charge in [0.1, 0.15) is 5.76 Å². The van der Waals surface area contributed by atoms with E-state index < -0.39 is 0 Å². The van der Waals surface area contributed by atoms with Crippen molar-refractivity contribution in [1.82, 2.24) is 9.80 Å². The Bertz CT molecular complexity index is 582. The van der Waals surface area contributed by atoms with Crippen LogP contribution in [0.1, 0.15) is 77.4 Å². The summed E-state index contributed by atoms with van der Waals surface area (Å²) in [5.74, 6) is 0.815. The van der Waals surface area contributed by atoms with E-state index in [2.05, 4.69) is 13.8 Å². The van der Waals surface area contributed by atoms with E-state index >= 15 is 0 Å². The first-order valence-electron chi connectivity index (χ1n) is 11.3. The summed E-state index contributed by atoms with van der Waals surface area (Å²) < 4.78 is 11.2. The van der Waals surface area contributed by atoms with Crippen LogP contribution in [0.15, 0.2) is 22.8 Å². The highest BCUT2D eigenvalue weighted by molar-refractivity contribution is 5.84. The number of unbranched alkanes of at least 4 members (excludes halogenated alkanes) is 4. The first-order chi connectivity index (χ1) is 14.1. The number of hydrogen-bond donors (Lipinski definition) is 0. The Labute approximate surface area is 175 Å². The molecule has 1 aromatic heterocycles. The third kappa shape index (κ3) is 8.60. The van der Waals surface area contributed by atoms with E-state index in [0.29, 0.717) is 26.1 Å². The summed E-state index contributed by atoms with van der Waals surface area (Å²) in [4.78, 5) is 29.4. The quantitative estimate of drug-likeness (QED) is 0.430. The predicted molar refractivity (Wildman–Crippen MR) is 113 cm³/mol. The van der Waals surface area contributed by atoms with Crippen LogP contribution >= 0.6 is 0 Å². The second-order valence-corrected chi connectivity index (χ2v) is 7.97. The molecule has 2 rings (SSSR count). The van der Waals surface area contributed by atoms with Crippen molar-refractivity contribution >= 4 is 11.8 Å². The van der Waals surface area contributed by atoms with E-state index in [1.165, 1.54) is 0 Å². The maximum atomic E-state index is 13.1. The fourth-order valence-corrected chi connectivity index (χ4v) is 3.64. The second kappa shape index (κ2) is 13.4. The largest absolute Gasteiger partial charge is 0.467 e. The summed E-state index contributed by atoms with van der Waals surface area (Å²) in [5.41, 5.74) is 0. The SMILES string of the molecule is CCCCCCC(=O)N(CCCC)CC(=O)N(Cc1ccco1)C[C@H]1CCCO1. The van der Waals surface area contributed by atoms with Crippen LogP contribution in [0.2, 0.25) is 0 Å². The molecule has 0 saturated carbocycles. The first kappa shape index (κ1) is 23.5. The van der Waals surface area contributed by atoms with Crippen molar-refractivity contribution in [3.63, 3.8) is 0 Å². The molecule has 29 heavy (non-hydrogen) atoms. The summed E-state index contributed by atoms with van der Waals surface area (Å²) in [7, 11) is 0. The third-order valence-corrected chi connectivity index (χ3v) is 5.43. The van der Waals surface area contributed by atoms with Crippen LogP contribution in [-0.4, -0.2) is 54.0 Å². The molecule has 0 aliphatic carbocycles. The molecular formula is C23H38N2O4. The molecule has 6 heteroatoms. The van der Waals surface area contributed by atoms with Gasteiger partial charge in [-0.05, 0) is 37.8 Å². The molecule has 2 heterocycles. The second-order valence-electron chi connectivity index (χ2n) is 7.97. The molecule has 2 amide bonds. The van der Waals surface area contributed by atoms with Gasteiger partial charge >= 0.3 is 0 Å². The molecule has 0 bridgehead atoms. The molecule has 0 spiro atoms. The molecule has 0 aromatic carbocycles. The summed E-state index contributed by atoms with van der Waals surface area (Å²) in [6, 6.07) is 3.71. The lowest BCUT2D eigenvalue weighted by atomic mass is 10.1. The van der Waals surface area contributed by atoms with E-state index in [1.54, 1.807) is 16.1 Å². The molecule has 0 radical (unpaired) electrons. The molecule has 0 unspecified atom stereocenters. The number of rotatable bonds is 14. The average Bonchev–Trinajstić information content (AvgIpc) is 3.42. The van der Waals surface area contributed by atoms with Gasteiger partial charge in [0, 0.05) is 26.1 Å². The van der Waals surface area contributed by atoms with E-state index in [-0.39, 0.29) is 24.5 Å². The zero-order valence-electron chi connectivity index (χ0n) is 18.2. The van der Waals surface area contributed by atoms with Crippen molar-refractivity contribution < 1.29 is 18.7 Å². The molecule has 1 atom stereocenters. The van der Waals surface area contributed by atoms with E-state index in [4.69, 9.17) is 9.15 Å². The minimum Gasteiger partial charge on any atom is -0.467 e. The lowest BCUT2D eigenvalue weighted by molar-refractivity contribution is -0.142. The number of carbonyl (C=O) groups is 2. The monoisotopic (exact) mass is 406 g/mol. The highest BCUT2D eigenvalue weighted by Gasteiger charge is 2.26. The molecule has 164 valence electrons. The Hall–Kier alpha value is -1.82. The number of ether oxygens (including phenoxy) is 1. The van der Waals surface area contributed by atoms with E-state index in [9.17, 15) is 9.59 Å². The van der Waals surface area contributed by atoms with Crippen LogP contribution in [0, 0.1) is 0 Å². The van der Waals surface area contributed by atoms with Crippen molar-refractivity contribution in [3.05, 3.63) is 24.2 Å². The Morgan fingerprint density at radius 2 is 1.90 bits per heavy atom. The highest BCUT2D eigenvalue weighted by atomic mass is 16.5. The topological polar surface area (TPSA) is 63.0 Å². The van der Waals surface area contributed by atoms with Crippen LogP contribution < -0.4 is 0 Å². The fourth-order valence-electron chi connectivity index (χ4n) is 3.64. The van der Waals surface area contributed by atoms with Crippen molar-refractivity contribution in [2.24, 2.45) is 0 Å². The van der Waals surface area contributed by atoms with Gasteiger partial charge in [0.05, 0.1) is 25.5 Å². The minimum atomic E-state index is -0.0325. The maximum absolute atomic E-state index is 13.1. The smallest absolute Gasteiger partial charge is 0.242 e. The number of nitrogens with zero attached hydrogens (tertiary/aromatic N) is 2. The number of furan rings is 1. The Balaban J connectivity index is 1.97. The van der Waals surface area contributed by atoms with Gasteiger partial charge in [0.15, 0.2) is 0 Å². The van der Waals surface area contributed by atoms with Gasteiger partial charge in [0.2, 0.25) is 11.8 Å². The number of hydrogen-bond acceptors (Lipinski definition) is 4. The lowest BCUT2D eigenvalue weighted by Crippen LogP contribution is -2.45. The van der Waals surface area contributed by atoms with Gasteiger partial charge < -0.3 is 19.0 Å². The highest BCUT2D eigenvalue weighted by Crippen LogP contribution is 2.16. The van der Waals surface area contributed by atoms with Crippen LogP contribution in [0.25, 0.3) is 0 Å². The number of carbonyl (C=O) groups excluding carboxylic acids is 2. The molecule has 6 nitrogen and oxygen atoms in total. The molecule has 1 fully saturated rings.